The molecule has 1 aromatic heterocycles. The van der Waals surface area contributed by atoms with Crippen LogP contribution in [-0.4, -0.2) is 22.3 Å². The number of aromatic nitrogens is 2. The first kappa shape index (κ1) is 16.4. The van der Waals surface area contributed by atoms with E-state index in [9.17, 15) is 4.79 Å². The van der Waals surface area contributed by atoms with E-state index in [2.05, 4.69) is 12.1 Å². The van der Waals surface area contributed by atoms with Crippen molar-refractivity contribution in [3.63, 3.8) is 0 Å². The number of fused-ring (bicyclic) bond motifs is 1. The maximum absolute atomic E-state index is 13.0. The van der Waals surface area contributed by atoms with Crippen molar-refractivity contribution >= 4 is 22.7 Å². The molecule has 0 unspecified atom stereocenters. The zero-order chi connectivity index (χ0) is 17.1. The van der Waals surface area contributed by atoms with Gasteiger partial charge in [-0.15, -0.1) is 0 Å². The Balaban J connectivity index is 1.70. The average Bonchev–Trinajstić information content (AvgIpc) is 3.17. The Hall–Kier alpha value is -2.11. The molecule has 4 rings (SSSR count). The van der Waals surface area contributed by atoms with Crippen LogP contribution in [-0.2, 0) is 17.0 Å². The largest absolute Gasteiger partial charge is 0.376 e. The van der Waals surface area contributed by atoms with Crippen LogP contribution in [0.5, 0.6) is 0 Å². The molecule has 2 aromatic carbocycles. The van der Waals surface area contributed by atoms with Crippen molar-refractivity contribution in [1.29, 1.82) is 0 Å². The first-order chi connectivity index (χ1) is 12.3. The highest BCUT2D eigenvalue weighted by atomic mass is 32.2. The number of ether oxygens (including phenoxy) is 1. The predicted octanol–water partition coefficient (Wildman–Crippen LogP) is 3.87. The smallest absolute Gasteiger partial charge is 0.262 e. The van der Waals surface area contributed by atoms with Crippen molar-refractivity contribution in [3.8, 4) is 0 Å². The third-order valence-corrected chi connectivity index (χ3v) is 5.50. The number of rotatable bonds is 5. The summed E-state index contributed by atoms with van der Waals surface area (Å²) in [5.74, 6) is 0.789. The molecule has 0 aliphatic carbocycles. The highest BCUT2D eigenvalue weighted by Crippen LogP contribution is 2.23. The van der Waals surface area contributed by atoms with Gasteiger partial charge in [0.2, 0.25) is 0 Å². The summed E-state index contributed by atoms with van der Waals surface area (Å²) in [5.41, 5.74) is 2.00. The Morgan fingerprint density at radius 1 is 1.12 bits per heavy atom. The first-order valence-electron chi connectivity index (χ1n) is 8.59. The van der Waals surface area contributed by atoms with Crippen LogP contribution in [0.1, 0.15) is 18.4 Å². The fraction of sp³-hybridized carbons (Fsp3) is 0.300. The van der Waals surface area contributed by atoms with Gasteiger partial charge in [-0.25, -0.2) is 4.98 Å². The third-order valence-electron chi connectivity index (χ3n) is 4.45. The van der Waals surface area contributed by atoms with Gasteiger partial charge < -0.3 is 4.74 Å². The molecule has 0 amide bonds. The average molecular weight is 352 g/mol. The predicted molar refractivity (Wildman–Crippen MR) is 101 cm³/mol. The molecule has 0 radical (unpaired) electrons. The first-order valence-corrected chi connectivity index (χ1v) is 9.58. The zero-order valence-electron chi connectivity index (χ0n) is 13.9. The number of nitrogens with zero attached hydrogens (tertiary/aromatic N) is 2. The van der Waals surface area contributed by atoms with Crippen LogP contribution in [0, 0.1) is 0 Å². The van der Waals surface area contributed by atoms with Gasteiger partial charge in [-0.05, 0) is 30.5 Å². The van der Waals surface area contributed by atoms with Crippen LogP contribution < -0.4 is 5.56 Å². The van der Waals surface area contributed by atoms with Crippen molar-refractivity contribution in [3.05, 3.63) is 70.5 Å². The van der Waals surface area contributed by atoms with E-state index in [1.165, 1.54) is 5.56 Å². The molecule has 1 aliphatic rings. The van der Waals surface area contributed by atoms with Gasteiger partial charge in [-0.2, -0.15) is 0 Å². The van der Waals surface area contributed by atoms with Gasteiger partial charge in [0.25, 0.3) is 5.56 Å². The lowest BCUT2D eigenvalue weighted by Crippen LogP contribution is -2.28. The molecule has 4 nitrogen and oxygen atoms in total. The number of hydrogen-bond acceptors (Lipinski definition) is 4. The number of para-hydroxylation sites is 1. The normalized spacial score (nSPS) is 17.2. The molecular formula is C20H20N2O2S. The summed E-state index contributed by atoms with van der Waals surface area (Å²) in [7, 11) is 0. The highest BCUT2D eigenvalue weighted by Gasteiger charge is 2.20. The van der Waals surface area contributed by atoms with Crippen molar-refractivity contribution in [2.75, 3.05) is 6.61 Å². The fourth-order valence-corrected chi connectivity index (χ4v) is 4.10. The molecule has 1 fully saturated rings. The summed E-state index contributed by atoms with van der Waals surface area (Å²) < 4.78 is 7.54. The molecule has 5 heteroatoms. The lowest BCUT2D eigenvalue weighted by molar-refractivity contribution is 0.0937. The molecule has 0 N–H and O–H groups in total. The summed E-state index contributed by atoms with van der Waals surface area (Å²) in [5, 5.41) is 1.44. The Morgan fingerprint density at radius 2 is 1.92 bits per heavy atom. The minimum absolute atomic E-state index is 0.0247. The van der Waals surface area contributed by atoms with Gasteiger partial charge in [0.15, 0.2) is 5.16 Å². The molecule has 2 heterocycles. The van der Waals surface area contributed by atoms with E-state index >= 15 is 0 Å². The zero-order valence-corrected chi connectivity index (χ0v) is 14.7. The molecule has 1 atom stereocenters. The molecule has 0 spiro atoms. The van der Waals surface area contributed by atoms with Gasteiger partial charge in [-0.3, -0.25) is 9.36 Å². The SMILES string of the molecule is O=c1c2ccccc2nc(SCc2ccccc2)n1C[C@H]1CCCO1. The fourth-order valence-electron chi connectivity index (χ4n) is 3.13. The Morgan fingerprint density at radius 3 is 2.72 bits per heavy atom. The molecule has 3 aromatic rings. The van der Waals surface area contributed by atoms with Crippen LogP contribution in [0.3, 0.4) is 0 Å². The van der Waals surface area contributed by atoms with E-state index in [-0.39, 0.29) is 11.7 Å². The summed E-state index contributed by atoms with van der Waals surface area (Å²) >= 11 is 1.61. The standard InChI is InChI=1S/C20H20N2O2S/c23-19-17-10-4-5-11-18(17)21-20(22(19)13-16-9-6-12-24-16)25-14-15-7-2-1-3-8-15/h1-5,7-8,10-11,16H,6,9,12-14H2/t16-/m1/s1. The van der Waals surface area contributed by atoms with E-state index < -0.39 is 0 Å². The molecular weight excluding hydrogens is 332 g/mol. The van der Waals surface area contributed by atoms with E-state index in [1.54, 1.807) is 16.3 Å². The molecule has 0 bridgehead atoms. The summed E-state index contributed by atoms with van der Waals surface area (Å²) in [6.07, 6.45) is 2.17. The Kier molecular flexibility index (Phi) is 4.85. The van der Waals surface area contributed by atoms with Crippen LogP contribution in [0.25, 0.3) is 10.9 Å². The Bertz CT molecular complexity index is 918. The van der Waals surface area contributed by atoms with Crippen molar-refractivity contribution < 1.29 is 4.74 Å². The summed E-state index contributed by atoms with van der Waals surface area (Å²) in [6, 6.07) is 17.8. The minimum Gasteiger partial charge on any atom is -0.376 e. The Labute approximate surface area is 150 Å². The second-order valence-corrected chi connectivity index (χ2v) is 7.18. The topological polar surface area (TPSA) is 44.1 Å². The van der Waals surface area contributed by atoms with Crippen molar-refractivity contribution in [1.82, 2.24) is 9.55 Å². The number of thioether (sulfide) groups is 1. The second-order valence-electron chi connectivity index (χ2n) is 6.24. The van der Waals surface area contributed by atoms with Gasteiger partial charge in [0.1, 0.15) is 0 Å². The number of hydrogen-bond donors (Lipinski definition) is 0. The molecule has 1 aliphatic heterocycles. The maximum Gasteiger partial charge on any atom is 0.262 e. The molecule has 128 valence electrons. The summed E-state index contributed by atoms with van der Waals surface area (Å²) in [4.78, 5) is 17.8. The van der Waals surface area contributed by atoms with Crippen LogP contribution in [0.4, 0.5) is 0 Å². The van der Waals surface area contributed by atoms with Crippen LogP contribution in [0.2, 0.25) is 0 Å². The van der Waals surface area contributed by atoms with Gasteiger partial charge in [0.05, 0.1) is 23.6 Å². The molecule has 1 saturated heterocycles. The minimum atomic E-state index is 0.0247. The van der Waals surface area contributed by atoms with Crippen molar-refractivity contribution in [2.45, 2.75) is 36.4 Å². The second kappa shape index (κ2) is 7.42. The monoisotopic (exact) mass is 352 g/mol. The van der Waals surface area contributed by atoms with Crippen LogP contribution >= 0.6 is 11.8 Å². The highest BCUT2D eigenvalue weighted by molar-refractivity contribution is 7.98. The van der Waals surface area contributed by atoms with E-state index in [1.807, 2.05) is 42.5 Å². The maximum atomic E-state index is 13.0. The van der Waals surface area contributed by atoms with E-state index in [0.717, 1.165) is 35.9 Å². The molecule has 25 heavy (non-hydrogen) atoms. The van der Waals surface area contributed by atoms with Gasteiger partial charge in [0, 0.05) is 12.4 Å². The summed E-state index contributed by atoms with van der Waals surface area (Å²) in [6.45, 7) is 1.36. The number of benzene rings is 2. The quantitative estimate of drug-likeness (QED) is 0.516. The molecule has 0 saturated carbocycles. The van der Waals surface area contributed by atoms with Gasteiger partial charge in [-0.1, -0.05) is 54.2 Å². The lowest BCUT2D eigenvalue weighted by atomic mass is 10.2. The van der Waals surface area contributed by atoms with Crippen LogP contribution in [0.15, 0.2) is 64.5 Å². The van der Waals surface area contributed by atoms with Crippen molar-refractivity contribution in [2.24, 2.45) is 0 Å². The third kappa shape index (κ3) is 3.62. The van der Waals surface area contributed by atoms with Gasteiger partial charge >= 0.3 is 0 Å². The van der Waals surface area contributed by atoms with E-state index in [0.29, 0.717) is 11.9 Å². The van der Waals surface area contributed by atoms with E-state index in [4.69, 9.17) is 9.72 Å². The lowest BCUT2D eigenvalue weighted by Gasteiger charge is -2.16.